The fraction of sp³-hybridized carbons (Fsp3) is 0.375. The van der Waals surface area contributed by atoms with Crippen molar-refractivity contribution in [3.05, 3.63) is 48.0 Å². The summed E-state index contributed by atoms with van der Waals surface area (Å²) in [5.74, 6) is 0.0650. The zero-order chi connectivity index (χ0) is 14.5. The molecule has 1 aromatic rings. The molecule has 0 atom stereocenters. The van der Waals surface area contributed by atoms with Gasteiger partial charge >= 0.3 is 0 Å². The molecular formula is C16H20N2O2. The van der Waals surface area contributed by atoms with E-state index in [4.69, 9.17) is 0 Å². The van der Waals surface area contributed by atoms with Crippen molar-refractivity contribution in [2.24, 2.45) is 0 Å². The molecule has 1 fully saturated rings. The third kappa shape index (κ3) is 3.47. The Kier molecular flexibility index (Phi) is 4.56. The van der Waals surface area contributed by atoms with Gasteiger partial charge in [-0.1, -0.05) is 36.4 Å². The van der Waals surface area contributed by atoms with Crippen molar-refractivity contribution >= 4 is 11.8 Å². The highest BCUT2D eigenvalue weighted by Crippen LogP contribution is 2.08. The highest BCUT2D eigenvalue weighted by atomic mass is 16.2. The Balaban J connectivity index is 1.87. The van der Waals surface area contributed by atoms with Crippen LogP contribution < -0.4 is 0 Å². The van der Waals surface area contributed by atoms with Gasteiger partial charge < -0.3 is 9.80 Å². The lowest BCUT2D eigenvalue weighted by Crippen LogP contribution is -2.50. The van der Waals surface area contributed by atoms with Crippen molar-refractivity contribution in [3.8, 4) is 0 Å². The summed E-state index contributed by atoms with van der Waals surface area (Å²) in [5.41, 5.74) is 2.22. The van der Waals surface area contributed by atoms with E-state index in [1.165, 1.54) is 11.6 Å². The summed E-state index contributed by atoms with van der Waals surface area (Å²) in [4.78, 5) is 27.2. The lowest BCUT2D eigenvalue weighted by molar-refractivity contribution is -0.136. The predicted octanol–water partition coefficient (Wildman–Crippen LogP) is 1.39. The number of hydrogen-bond acceptors (Lipinski definition) is 2. The van der Waals surface area contributed by atoms with E-state index in [1.54, 1.807) is 4.90 Å². The Morgan fingerprint density at radius 2 is 1.65 bits per heavy atom. The molecule has 0 saturated carbocycles. The van der Waals surface area contributed by atoms with Crippen LogP contribution in [0.25, 0.3) is 0 Å². The number of carbonyl (C=O) groups is 2. The van der Waals surface area contributed by atoms with E-state index in [-0.39, 0.29) is 11.8 Å². The van der Waals surface area contributed by atoms with E-state index in [0.29, 0.717) is 32.6 Å². The van der Waals surface area contributed by atoms with E-state index >= 15 is 0 Å². The van der Waals surface area contributed by atoms with Gasteiger partial charge in [0.05, 0.1) is 6.42 Å². The number of nitrogens with zero attached hydrogens (tertiary/aromatic N) is 2. The Bertz CT molecular complexity index is 500. The second-order valence-electron chi connectivity index (χ2n) is 5.07. The van der Waals surface area contributed by atoms with E-state index < -0.39 is 0 Å². The minimum atomic E-state index is -0.0596. The van der Waals surface area contributed by atoms with Crippen LogP contribution in [0.15, 0.2) is 36.9 Å². The molecule has 0 aliphatic carbocycles. The predicted molar refractivity (Wildman–Crippen MR) is 78.2 cm³/mol. The average molecular weight is 272 g/mol. The van der Waals surface area contributed by atoms with Crippen molar-refractivity contribution in [1.82, 2.24) is 9.80 Å². The first-order valence-corrected chi connectivity index (χ1v) is 6.85. The van der Waals surface area contributed by atoms with E-state index in [0.717, 1.165) is 5.56 Å². The molecule has 0 unspecified atom stereocenters. The van der Waals surface area contributed by atoms with Gasteiger partial charge in [-0.2, -0.15) is 0 Å². The van der Waals surface area contributed by atoms with Gasteiger partial charge in [-0.15, -0.1) is 0 Å². The fourth-order valence-corrected chi connectivity index (χ4v) is 2.30. The molecule has 4 nitrogen and oxygen atoms in total. The molecule has 20 heavy (non-hydrogen) atoms. The quantitative estimate of drug-likeness (QED) is 0.780. The largest absolute Gasteiger partial charge is 0.339 e. The monoisotopic (exact) mass is 272 g/mol. The minimum Gasteiger partial charge on any atom is -0.339 e. The highest BCUT2D eigenvalue weighted by molar-refractivity contribution is 5.87. The lowest BCUT2D eigenvalue weighted by Gasteiger charge is -2.34. The summed E-state index contributed by atoms with van der Waals surface area (Å²) < 4.78 is 0. The number of hydrogen-bond donors (Lipinski definition) is 0. The SMILES string of the molecule is C=CC(=O)N1CCN(C(=O)Cc2ccc(C)cc2)CC1. The van der Waals surface area contributed by atoms with Crippen LogP contribution in [0.3, 0.4) is 0 Å². The van der Waals surface area contributed by atoms with Crippen molar-refractivity contribution in [2.75, 3.05) is 26.2 Å². The van der Waals surface area contributed by atoms with Crippen molar-refractivity contribution in [2.45, 2.75) is 13.3 Å². The molecule has 106 valence electrons. The van der Waals surface area contributed by atoms with Crippen LogP contribution in [-0.4, -0.2) is 47.8 Å². The molecule has 2 rings (SSSR count). The second kappa shape index (κ2) is 6.37. The third-order valence-corrected chi connectivity index (χ3v) is 3.59. The Morgan fingerprint density at radius 3 is 2.20 bits per heavy atom. The zero-order valence-electron chi connectivity index (χ0n) is 11.8. The van der Waals surface area contributed by atoms with E-state index in [1.807, 2.05) is 36.1 Å². The molecule has 0 N–H and O–H groups in total. The van der Waals surface area contributed by atoms with Crippen LogP contribution in [0.1, 0.15) is 11.1 Å². The number of rotatable bonds is 3. The summed E-state index contributed by atoms with van der Waals surface area (Å²) in [6.45, 7) is 7.89. The van der Waals surface area contributed by atoms with Crippen LogP contribution in [0.5, 0.6) is 0 Å². The number of amides is 2. The van der Waals surface area contributed by atoms with Crippen molar-refractivity contribution in [3.63, 3.8) is 0 Å². The second-order valence-corrected chi connectivity index (χ2v) is 5.07. The van der Waals surface area contributed by atoms with Crippen LogP contribution in [-0.2, 0) is 16.0 Å². The van der Waals surface area contributed by atoms with Gasteiger partial charge in [-0.05, 0) is 18.6 Å². The Hall–Kier alpha value is -2.10. The normalized spacial score (nSPS) is 15.1. The molecule has 2 amide bonds. The van der Waals surface area contributed by atoms with Crippen LogP contribution >= 0.6 is 0 Å². The summed E-state index contributed by atoms with van der Waals surface area (Å²) in [6, 6.07) is 8.02. The van der Waals surface area contributed by atoms with Crippen LogP contribution in [0.2, 0.25) is 0 Å². The van der Waals surface area contributed by atoms with Gasteiger partial charge in [0.2, 0.25) is 11.8 Å². The molecule has 0 radical (unpaired) electrons. The first kappa shape index (κ1) is 14.3. The Labute approximate surface area is 119 Å². The smallest absolute Gasteiger partial charge is 0.246 e. The molecule has 1 aliphatic heterocycles. The minimum absolute atomic E-state index is 0.0596. The molecule has 1 aliphatic rings. The fourth-order valence-electron chi connectivity index (χ4n) is 2.30. The third-order valence-electron chi connectivity index (χ3n) is 3.59. The van der Waals surface area contributed by atoms with Crippen LogP contribution in [0, 0.1) is 6.92 Å². The maximum atomic E-state index is 12.2. The van der Waals surface area contributed by atoms with Gasteiger partial charge in [-0.25, -0.2) is 0 Å². The van der Waals surface area contributed by atoms with Crippen LogP contribution in [0.4, 0.5) is 0 Å². The van der Waals surface area contributed by atoms with Gasteiger partial charge in [0.15, 0.2) is 0 Å². The molecule has 1 saturated heterocycles. The van der Waals surface area contributed by atoms with Gasteiger partial charge in [-0.3, -0.25) is 9.59 Å². The Morgan fingerprint density at radius 1 is 1.10 bits per heavy atom. The van der Waals surface area contributed by atoms with Gasteiger partial charge in [0.1, 0.15) is 0 Å². The molecule has 4 heteroatoms. The topological polar surface area (TPSA) is 40.6 Å². The van der Waals surface area contributed by atoms with E-state index in [9.17, 15) is 9.59 Å². The first-order chi connectivity index (χ1) is 9.60. The average Bonchev–Trinajstić information content (AvgIpc) is 2.49. The lowest BCUT2D eigenvalue weighted by atomic mass is 10.1. The molecular weight excluding hydrogens is 252 g/mol. The maximum absolute atomic E-state index is 12.2. The number of aryl methyl sites for hydroxylation is 1. The highest BCUT2D eigenvalue weighted by Gasteiger charge is 2.22. The standard InChI is InChI=1S/C16H20N2O2/c1-3-15(19)17-8-10-18(11-9-17)16(20)12-14-6-4-13(2)5-7-14/h3-7H,1,8-12H2,2H3. The number of piperazine rings is 1. The van der Waals surface area contributed by atoms with E-state index in [2.05, 4.69) is 6.58 Å². The number of benzene rings is 1. The summed E-state index contributed by atoms with van der Waals surface area (Å²) in [5, 5.41) is 0. The number of carbonyl (C=O) groups excluding carboxylic acids is 2. The molecule has 1 aromatic carbocycles. The van der Waals surface area contributed by atoms with Gasteiger partial charge in [0.25, 0.3) is 0 Å². The summed E-state index contributed by atoms with van der Waals surface area (Å²) >= 11 is 0. The van der Waals surface area contributed by atoms with Gasteiger partial charge in [0, 0.05) is 26.2 Å². The molecule has 0 aromatic heterocycles. The molecule has 0 spiro atoms. The molecule has 0 bridgehead atoms. The summed E-state index contributed by atoms with van der Waals surface area (Å²) in [7, 11) is 0. The van der Waals surface area contributed by atoms with Crippen molar-refractivity contribution < 1.29 is 9.59 Å². The zero-order valence-corrected chi connectivity index (χ0v) is 11.8. The maximum Gasteiger partial charge on any atom is 0.246 e. The first-order valence-electron chi connectivity index (χ1n) is 6.85. The summed E-state index contributed by atoms with van der Waals surface area (Å²) in [6.07, 6.45) is 1.75. The van der Waals surface area contributed by atoms with Crippen molar-refractivity contribution in [1.29, 1.82) is 0 Å². The molecule has 1 heterocycles.